The molecular formula is C10H16N2O2. The van der Waals surface area contributed by atoms with Crippen LogP contribution in [0.4, 0.5) is 0 Å². The predicted molar refractivity (Wildman–Crippen MR) is 54.8 cm³/mol. The second kappa shape index (κ2) is 4.28. The molecule has 0 amide bonds. The normalized spacial score (nSPS) is 12.5. The second-order valence-corrected chi connectivity index (χ2v) is 3.61. The fourth-order valence-electron chi connectivity index (χ4n) is 1.35. The molecule has 1 aromatic heterocycles. The predicted octanol–water partition coefficient (Wildman–Crippen LogP) is 1.85. The van der Waals surface area contributed by atoms with Crippen LogP contribution >= 0.6 is 0 Å². The van der Waals surface area contributed by atoms with E-state index in [1.165, 1.54) is 0 Å². The van der Waals surface area contributed by atoms with Crippen molar-refractivity contribution in [1.82, 2.24) is 4.90 Å². The summed E-state index contributed by atoms with van der Waals surface area (Å²) in [6.45, 7) is 4.36. The lowest BCUT2D eigenvalue weighted by Crippen LogP contribution is -2.09. The van der Waals surface area contributed by atoms with Crippen LogP contribution < -0.4 is 0 Å². The van der Waals surface area contributed by atoms with Crippen molar-refractivity contribution in [3.8, 4) is 0 Å². The lowest BCUT2D eigenvalue weighted by atomic mass is 10.2. The van der Waals surface area contributed by atoms with Crippen LogP contribution in [-0.4, -0.2) is 29.9 Å². The van der Waals surface area contributed by atoms with E-state index < -0.39 is 0 Å². The van der Waals surface area contributed by atoms with E-state index in [-0.39, 0.29) is 0 Å². The Bertz CT molecular complexity index is 340. The van der Waals surface area contributed by atoms with Gasteiger partial charge in [-0.3, -0.25) is 0 Å². The Morgan fingerprint density at radius 3 is 2.71 bits per heavy atom. The van der Waals surface area contributed by atoms with Gasteiger partial charge in [0.15, 0.2) is 0 Å². The number of oxime groups is 1. The maximum absolute atomic E-state index is 8.64. The quantitative estimate of drug-likeness (QED) is 0.456. The molecule has 0 saturated heterocycles. The fourth-order valence-corrected chi connectivity index (χ4v) is 1.35. The Kier molecular flexibility index (Phi) is 3.30. The van der Waals surface area contributed by atoms with Crippen molar-refractivity contribution in [2.45, 2.75) is 20.4 Å². The van der Waals surface area contributed by atoms with Crippen molar-refractivity contribution < 1.29 is 9.62 Å². The number of aryl methyl sites for hydroxylation is 1. The summed E-state index contributed by atoms with van der Waals surface area (Å²) in [5.74, 6) is 1.67. The smallest absolute Gasteiger partial charge is 0.118 e. The van der Waals surface area contributed by atoms with Gasteiger partial charge in [0.2, 0.25) is 0 Å². The lowest BCUT2D eigenvalue weighted by Gasteiger charge is -2.05. The first kappa shape index (κ1) is 10.8. The number of hydrogen-bond acceptors (Lipinski definition) is 4. The van der Waals surface area contributed by atoms with Gasteiger partial charge in [0.05, 0.1) is 12.3 Å². The fraction of sp³-hybridized carbons (Fsp3) is 0.500. The number of rotatable bonds is 3. The summed E-state index contributed by atoms with van der Waals surface area (Å²) in [6, 6.07) is 1.91. The summed E-state index contributed by atoms with van der Waals surface area (Å²) >= 11 is 0. The van der Waals surface area contributed by atoms with Crippen LogP contribution in [0.5, 0.6) is 0 Å². The molecule has 0 fully saturated rings. The highest BCUT2D eigenvalue weighted by molar-refractivity contribution is 5.99. The molecule has 0 spiro atoms. The van der Waals surface area contributed by atoms with Crippen molar-refractivity contribution in [2.24, 2.45) is 5.16 Å². The Labute approximate surface area is 83.8 Å². The molecule has 78 valence electrons. The molecule has 0 radical (unpaired) electrons. The van der Waals surface area contributed by atoms with Crippen LogP contribution in [-0.2, 0) is 6.54 Å². The standard InChI is InChI=1S/C10H16N2O2/c1-7(11-13)10-5-9(6-12(3)4)14-8(10)2/h5,13H,6H2,1-4H3. The molecule has 0 unspecified atom stereocenters. The SMILES string of the molecule is CC(=NO)c1cc(CN(C)C)oc1C. The van der Waals surface area contributed by atoms with Crippen LogP contribution in [0.25, 0.3) is 0 Å². The second-order valence-electron chi connectivity index (χ2n) is 3.61. The summed E-state index contributed by atoms with van der Waals surface area (Å²) in [4.78, 5) is 2.02. The van der Waals surface area contributed by atoms with Gasteiger partial charge in [0, 0.05) is 5.56 Å². The molecule has 1 rings (SSSR count). The van der Waals surface area contributed by atoms with Gasteiger partial charge >= 0.3 is 0 Å². The molecule has 0 aliphatic rings. The number of nitrogens with zero attached hydrogens (tertiary/aromatic N) is 2. The average Bonchev–Trinajstić information content (AvgIpc) is 2.44. The van der Waals surface area contributed by atoms with E-state index in [2.05, 4.69) is 5.16 Å². The Morgan fingerprint density at radius 1 is 1.57 bits per heavy atom. The van der Waals surface area contributed by atoms with E-state index in [0.717, 1.165) is 23.6 Å². The van der Waals surface area contributed by atoms with Crippen molar-refractivity contribution in [3.05, 3.63) is 23.2 Å². The Hall–Kier alpha value is -1.29. The molecule has 1 heterocycles. The largest absolute Gasteiger partial charge is 0.464 e. The van der Waals surface area contributed by atoms with E-state index in [1.54, 1.807) is 6.92 Å². The monoisotopic (exact) mass is 196 g/mol. The van der Waals surface area contributed by atoms with Crippen LogP contribution in [0.2, 0.25) is 0 Å². The summed E-state index contributed by atoms with van der Waals surface area (Å²) < 4.78 is 5.51. The van der Waals surface area contributed by atoms with Crippen molar-refractivity contribution >= 4 is 5.71 Å². The maximum atomic E-state index is 8.64. The van der Waals surface area contributed by atoms with Crippen LogP contribution in [0.1, 0.15) is 24.0 Å². The number of hydrogen-bond donors (Lipinski definition) is 1. The first-order valence-electron chi connectivity index (χ1n) is 4.47. The van der Waals surface area contributed by atoms with Gasteiger partial charge < -0.3 is 14.5 Å². The van der Waals surface area contributed by atoms with E-state index in [1.807, 2.05) is 32.0 Å². The minimum absolute atomic E-state index is 0.580. The zero-order valence-electron chi connectivity index (χ0n) is 9.03. The zero-order chi connectivity index (χ0) is 10.7. The van der Waals surface area contributed by atoms with Gasteiger partial charge in [-0.1, -0.05) is 5.16 Å². The molecular weight excluding hydrogens is 180 g/mol. The van der Waals surface area contributed by atoms with E-state index in [0.29, 0.717) is 5.71 Å². The summed E-state index contributed by atoms with van der Waals surface area (Å²) in [7, 11) is 3.95. The Balaban J connectivity index is 2.93. The molecule has 0 aliphatic heterocycles. The Morgan fingerprint density at radius 2 is 2.21 bits per heavy atom. The minimum Gasteiger partial charge on any atom is -0.464 e. The van der Waals surface area contributed by atoms with E-state index in [9.17, 15) is 0 Å². The average molecular weight is 196 g/mol. The third kappa shape index (κ3) is 2.35. The summed E-state index contributed by atoms with van der Waals surface area (Å²) in [5, 5.41) is 11.8. The molecule has 1 aromatic rings. The summed E-state index contributed by atoms with van der Waals surface area (Å²) in [6.07, 6.45) is 0. The highest BCUT2D eigenvalue weighted by Crippen LogP contribution is 2.16. The lowest BCUT2D eigenvalue weighted by molar-refractivity contribution is 0.319. The van der Waals surface area contributed by atoms with Gasteiger partial charge in [0.1, 0.15) is 11.5 Å². The minimum atomic E-state index is 0.580. The van der Waals surface area contributed by atoms with E-state index >= 15 is 0 Å². The highest BCUT2D eigenvalue weighted by Gasteiger charge is 2.10. The summed E-state index contributed by atoms with van der Waals surface area (Å²) in [5.41, 5.74) is 1.45. The third-order valence-corrected chi connectivity index (χ3v) is 1.98. The molecule has 0 saturated carbocycles. The zero-order valence-corrected chi connectivity index (χ0v) is 9.03. The molecule has 4 heteroatoms. The van der Waals surface area contributed by atoms with Crippen LogP contribution in [0.3, 0.4) is 0 Å². The van der Waals surface area contributed by atoms with Crippen molar-refractivity contribution in [2.75, 3.05) is 14.1 Å². The molecule has 1 N–H and O–H groups in total. The van der Waals surface area contributed by atoms with Gasteiger partial charge in [-0.05, 0) is 34.0 Å². The molecule has 0 atom stereocenters. The molecule has 0 aliphatic carbocycles. The molecule has 0 bridgehead atoms. The maximum Gasteiger partial charge on any atom is 0.118 e. The van der Waals surface area contributed by atoms with Gasteiger partial charge in [-0.15, -0.1) is 0 Å². The van der Waals surface area contributed by atoms with Crippen molar-refractivity contribution in [1.29, 1.82) is 0 Å². The molecule has 14 heavy (non-hydrogen) atoms. The van der Waals surface area contributed by atoms with Gasteiger partial charge in [-0.2, -0.15) is 0 Å². The highest BCUT2D eigenvalue weighted by atomic mass is 16.4. The third-order valence-electron chi connectivity index (χ3n) is 1.98. The molecule has 4 nitrogen and oxygen atoms in total. The van der Waals surface area contributed by atoms with E-state index in [4.69, 9.17) is 9.62 Å². The van der Waals surface area contributed by atoms with Gasteiger partial charge in [-0.25, -0.2) is 0 Å². The van der Waals surface area contributed by atoms with Gasteiger partial charge in [0.25, 0.3) is 0 Å². The first-order chi connectivity index (χ1) is 6.54. The van der Waals surface area contributed by atoms with Crippen LogP contribution in [0, 0.1) is 6.92 Å². The van der Waals surface area contributed by atoms with Crippen LogP contribution in [0.15, 0.2) is 15.6 Å². The molecule has 0 aromatic carbocycles. The topological polar surface area (TPSA) is 49.0 Å². The van der Waals surface area contributed by atoms with Crippen molar-refractivity contribution in [3.63, 3.8) is 0 Å². The number of furan rings is 1. The first-order valence-corrected chi connectivity index (χ1v) is 4.47.